The topological polar surface area (TPSA) is 78.5 Å². The minimum atomic E-state index is -3.49. The molecule has 0 aliphatic heterocycles. The predicted octanol–water partition coefficient (Wildman–Crippen LogP) is 4.61. The molecule has 0 radical (unpaired) electrons. The normalized spacial score (nSPS) is 11.3. The molecule has 0 fully saturated rings. The molecule has 0 aromatic heterocycles. The van der Waals surface area contributed by atoms with Crippen LogP contribution in [0.4, 0.5) is 16.2 Å². The fourth-order valence-electron chi connectivity index (χ4n) is 3.38. The second kappa shape index (κ2) is 10.1. The van der Waals surface area contributed by atoms with Crippen LogP contribution >= 0.6 is 11.8 Å². The number of nitrogens with one attached hydrogen (secondary N) is 2. The molecule has 0 atom stereocenters. The molecule has 0 aliphatic carbocycles. The van der Waals surface area contributed by atoms with Gasteiger partial charge in [-0.1, -0.05) is 30.3 Å². The van der Waals surface area contributed by atoms with Gasteiger partial charge >= 0.3 is 6.03 Å². The van der Waals surface area contributed by atoms with Crippen molar-refractivity contribution in [3.8, 4) is 0 Å². The zero-order valence-corrected chi connectivity index (χ0v) is 19.5. The van der Waals surface area contributed by atoms with Crippen molar-refractivity contribution in [2.75, 3.05) is 42.9 Å². The van der Waals surface area contributed by atoms with E-state index in [0.29, 0.717) is 22.4 Å². The molecule has 0 aliphatic rings. The van der Waals surface area contributed by atoms with E-state index in [-0.39, 0.29) is 18.3 Å². The number of urea groups is 1. The monoisotopic (exact) mass is 457 g/mol. The predicted molar refractivity (Wildman–Crippen MR) is 130 cm³/mol. The number of carbonyl (C=O) groups is 1. The smallest absolute Gasteiger partial charge is 0.319 e. The Morgan fingerprint density at radius 2 is 1.71 bits per heavy atom. The molecule has 8 heteroatoms. The quantitative estimate of drug-likeness (QED) is 0.381. The lowest BCUT2D eigenvalue weighted by atomic mass is 10.1. The van der Waals surface area contributed by atoms with Gasteiger partial charge in [0.1, 0.15) is 0 Å². The standard InChI is InChI=1S/C23H27N3O3S2/c1-26(2)21-12-5-11-20-19(21)10-6-13-22(20)31(28,29)15-7-14-24-23(27)25-17-8-4-9-18(16-17)30-3/h4-6,8-13,16H,7,14-15H2,1-3H3,(H2,24,25,27). The molecule has 31 heavy (non-hydrogen) atoms. The van der Waals surface area contributed by atoms with E-state index in [4.69, 9.17) is 0 Å². The van der Waals surface area contributed by atoms with Crippen LogP contribution in [0.3, 0.4) is 0 Å². The number of sulfone groups is 1. The molecule has 2 N–H and O–H groups in total. The van der Waals surface area contributed by atoms with Crippen LogP contribution in [-0.2, 0) is 9.84 Å². The van der Waals surface area contributed by atoms with E-state index in [2.05, 4.69) is 10.6 Å². The molecule has 0 saturated carbocycles. The molecule has 0 saturated heterocycles. The summed E-state index contributed by atoms with van der Waals surface area (Å²) >= 11 is 1.59. The average Bonchev–Trinajstić information content (AvgIpc) is 2.76. The lowest BCUT2D eigenvalue weighted by Gasteiger charge is -2.17. The van der Waals surface area contributed by atoms with E-state index in [1.807, 2.05) is 73.8 Å². The summed E-state index contributed by atoms with van der Waals surface area (Å²) in [4.78, 5) is 15.4. The summed E-state index contributed by atoms with van der Waals surface area (Å²) in [5.74, 6) is -0.0411. The fraction of sp³-hybridized carbons (Fsp3) is 0.261. The Bertz CT molecular complexity index is 1180. The first-order valence-electron chi connectivity index (χ1n) is 9.92. The highest BCUT2D eigenvalue weighted by Crippen LogP contribution is 2.30. The maximum absolute atomic E-state index is 13.0. The number of anilines is 2. The second-order valence-corrected chi connectivity index (χ2v) is 10.3. The molecule has 2 amide bonds. The van der Waals surface area contributed by atoms with Crippen molar-refractivity contribution < 1.29 is 13.2 Å². The molecule has 0 bridgehead atoms. The maximum atomic E-state index is 13.0. The van der Waals surface area contributed by atoms with Crippen LogP contribution in [-0.4, -0.2) is 47.1 Å². The Morgan fingerprint density at radius 1 is 1.00 bits per heavy atom. The van der Waals surface area contributed by atoms with Crippen LogP contribution in [0.5, 0.6) is 0 Å². The van der Waals surface area contributed by atoms with Crippen molar-refractivity contribution >= 4 is 49.8 Å². The van der Waals surface area contributed by atoms with Gasteiger partial charge in [0.05, 0.1) is 10.6 Å². The van der Waals surface area contributed by atoms with Gasteiger partial charge in [0.25, 0.3) is 0 Å². The number of rotatable bonds is 8. The molecule has 0 unspecified atom stereocenters. The highest BCUT2D eigenvalue weighted by Gasteiger charge is 2.18. The molecule has 164 valence electrons. The summed E-state index contributed by atoms with van der Waals surface area (Å²) in [7, 11) is 0.381. The van der Waals surface area contributed by atoms with E-state index >= 15 is 0 Å². The third-order valence-electron chi connectivity index (χ3n) is 4.88. The summed E-state index contributed by atoms with van der Waals surface area (Å²) in [5.41, 5.74) is 1.67. The number of carbonyl (C=O) groups excluding carboxylic acids is 1. The van der Waals surface area contributed by atoms with Crippen LogP contribution in [0.2, 0.25) is 0 Å². The number of fused-ring (bicyclic) bond motifs is 1. The molecule has 0 heterocycles. The molecule has 3 rings (SSSR count). The number of hydrogen-bond donors (Lipinski definition) is 2. The average molecular weight is 458 g/mol. The van der Waals surface area contributed by atoms with Crippen LogP contribution in [0, 0.1) is 0 Å². The van der Waals surface area contributed by atoms with Gasteiger partial charge in [-0.05, 0) is 43.0 Å². The van der Waals surface area contributed by atoms with Crippen molar-refractivity contribution in [3.05, 3.63) is 60.7 Å². The third-order valence-corrected chi connectivity index (χ3v) is 7.46. The van der Waals surface area contributed by atoms with Gasteiger partial charge in [-0.2, -0.15) is 0 Å². The Labute approximate surface area is 187 Å². The minimum absolute atomic E-state index is 0.0411. The summed E-state index contributed by atoms with van der Waals surface area (Å²) in [5, 5.41) is 7.11. The molecular formula is C23H27N3O3S2. The van der Waals surface area contributed by atoms with Crippen LogP contribution in [0.15, 0.2) is 70.5 Å². The summed E-state index contributed by atoms with van der Waals surface area (Å²) in [6, 6.07) is 18.2. The molecule has 0 spiro atoms. The van der Waals surface area contributed by atoms with Gasteiger partial charge in [0, 0.05) is 47.7 Å². The summed E-state index contributed by atoms with van der Waals surface area (Å²) in [6.07, 6.45) is 2.29. The third kappa shape index (κ3) is 5.71. The van der Waals surface area contributed by atoms with Gasteiger partial charge in [-0.3, -0.25) is 0 Å². The van der Waals surface area contributed by atoms with E-state index in [9.17, 15) is 13.2 Å². The number of thioether (sulfide) groups is 1. The number of nitrogens with zero attached hydrogens (tertiary/aromatic N) is 1. The Hall–Kier alpha value is -2.71. The van der Waals surface area contributed by atoms with Gasteiger partial charge in [0.2, 0.25) is 0 Å². The fourth-order valence-corrected chi connectivity index (χ4v) is 5.38. The largest absolute Gasteiger partial charge is 0.377 e. The molecular weight excluding hydrogens is 430 g/mol. The van der Waals surface area contributed by atoms with Crippen molar-refractivity contribution in [1.82, 2.24) is 5.32 Å². The Morgan fingerprint density at radius 3 is 2.45 bits per heavy atom. The lowest BCUT2D eigenvalue weighted by molar-refractivity contribution is 0.252. The van der Waals surface area contributed by atoms with E-state index in [0.717, 1.165) is 16.0 Å². The van der Waals surface area contributed by atoms with E-state index in [1.165, 1.54) is 0 Å². The zero-order valence-electron chi connectivity index (χ0n) is 17.9. The van der Waals surface area contributed by atoms with Crippen molar-refractivity contribution in [2.45, 2.75) is 16.2 Å². The maximum Gasteiger partial charge on any atom is 0.319 e. The minimum Gasteiger partial charge on any atom is -0.377 e. The van der Waals surface area contributed by atoms with Crippen molar-refractivity contribution in [2.24, 2.45) is 0 Å². The Kier molecular flexibility index (Phi) is 7.46. The molecule has 3 aromatic carbocycles. The zero-order chi connectivity index (χ0) is 22.4. The summed E-state index contributed by atoms with van der Waals surface area (Å²) in [6.45, 7) is 0.265. The number of benzene rings is 3. The van der Waals surface area contributed by atoms with Crippen LogP contribution in [0.25, 0.3) is 10.8 Å². The Balaban J connectivity index is 1.62. The van der Waals surface area contributed by atoms with Crippen molar-refractivity contribution in [3.63, 3.8) is 0 Å². The van der Waals surface area contributed by atoms with Crippen molar-refractivity contribution in [1.29, 1.82) is 0 Å². The highest BCUT2D eigenvalue weighted by atomic mass is 32.2. The van der Waals surface area contributed by atoms with Gasteiger partial charge in [0.15, 0.2) is 9.84 Å². The first kappa shape index (κ1) is 23.0. The molecule has 3 aromatic rings. The number of amides is 2. The molecule has 6 nitrogen and oxygen atoms in total. The summed E-state index contributed by atoms with van der Waals surface area (Å²) < 4.78 is 26.0. The highest BCUT2D eigenvalue weighted by molar-refractivity contribution is 7.98. The van der Waals surface area contributed by atoms with E-state index < -0.39 is 9.84 Å². The van der Waals surface area contributed by atoms with Gasteiger partial charge in [-0.25, -0.2) is 13.2 Å². The SMILES string of the molecule is CSc1cccc(NC(=O)NCCCS(=O)(=O)c2cccc3c(N(C)C)cccc23)c1. The first-order valence-corrected chi connectivity index (χ1v) is 12.8. The lowest BCUT2D eigenvalue weighted by Crippen LogP contribution is -2.30. The second-order valence-electron chi connectivity index (χ2n) is 7.31. The van der Waals surface area contributed by atoms with Gasteiger partial charge < -0.3 is 15.5 Å². The van der Waals surface area contributed by atoms with Crippen LogP contribution < -0.4 is 15.5 Å². The van der Waals surface area contributed by atoms with Crippen LogP contribution in [0.1, 0.15) is 6.42 Å². The first-order chi connectivity index (χ1) is 14.8. The van der Waals surface area contributed by atoms with Gasteiger partial charge in [-0.15, -0.1) is 11.8 Å². The number of hydrogen-bond acceptors (Lipinski definition) is 5. The van der Waals surface area contributed by atoms with E-state index in [1.54, 1.807) is 23.9 Å².